The molecule has 0 atom stereocenters. The van der Waals surface area contributed by atoms with Crippen molar-refractivity contribution in [1.82, 2.24) is 10.5 Å². The van der Waals surface area contributed by atoms with Crippen LogP contribution in [0.15, 0.2) is 59.1 Å². The van der Waals surface area contributed by atoms with Crippen LogP contribution < -0.4 is 10.1 Å². The Morgan fingerprint density at radius 3 is 2.83 bits per heavy atom. The molecule has 2 aromatic carbocycles. The van der Waals surface area contributed by atoms with Gasteiger partial charge in [0.1, 0.15) is 5.75 Å². The molecule has 1 amide bonds. The fourth-order valence-corrected chi connectivity index (χ4v) is 2.49. The lowest BCUT2D eigenvalue weighted by molar-refractivity contribution is 0.0942. The number of rotatable bonds is 5. The van der Waals surface area contributed by atoms with Crippen molar-refractivity contribution in [2.75, 3.05) is 7.11 Å². The van der Waals surface area contributed by atoms with E-state index in [2.05, 4.69) is 10.5 Å². The normalized spacial score (nSPS) is 10.4. The van der Waals surface area contributed by atoms with Gasteiger partial charge in [-0.2, -0.15) is 0 Å². The zero-order chi connectivity index (χ0) is 16.9. The van der Waals surface area contributed by atoms with Crippen LogP contribution in [-0.2, 0) is 6.54 Å². The Kier molecular flexibility index (Phi) is 4.82. The van der Waals surface area contributed by atoms with Gasteiger partial charge in [0.05, 0.1) is 12.7 Å². The second kappa shape index (κ2) is 7.19. The minimum absolute atomic E-state index is 0.206. The fraction of sp³-hybridized carbons (Fsp3) is 0.111. The molecule has 0 saturated carbocycles. The first kappa shape index (κ1) is 16.1. The third-order valence-corrected chi connectivity index (χ3v) is 3.69. The lowest BCUT2D eigenvalue weighted by atomic mass is 10.1. The Balaban J connectivity index is 1.72. The number of nitrogens with one attached hydrogen (secondary N) is 1. The lowest BCUT2D eigenvalue weighted by Crippen LogP contribution is -2.22. The van der Waals surface area contributed by atoms with Crippen LogP contribution in [0.2, 0.25) is 5.02 Å². The molecular weight excluding hydrogens is 328 g/mol. The topological polar surface area (TPSA) is 64.4 Å². The van der Waals surface area contributed by atoms with Crippen LogP contribution in [0.1, 0.15) is 16.1 Å². The average molecular weight is 343 g/mol. The van der Waals surface area contributed by atoms with Gasteiger partial charge in [-0.25, -0.2) is 0 Å². The van der Waals surface area contributed by atoms with E-state index in [-0.39, 0.29) is 11.6 Å². The summed E-state index contributed by atoms with van der Waals surface area (Å²) in [4.78, 5) is 12.2. The van der Waals surface area contributed by atoms with Gasteiger partial charge in [0.2, 0.25) is 0 Å². The summed E-state index contributed by atoms with van der Waals surface area (Å²) in [5, 5.41) is 7.24. The molecule has 0 saturated heterocycles. The summed E-state index contributed by atoms with van der Waals surface area (Å²) in [5.74, 6) is 0.805. The van der Waals surface area contributed by atoms with Crippen molar-refractivity contribution in [2.45, 2.75) is 6.54 Å². The van der Waals surface area contributed by atoms with E-state index in [4.69, 9.17) is 20.9 Å². The predicted octanol–water partition coefficient (Wildman–Crippen LogP) is 3.93. The molecule has 5 nitrogen and oxygen atoms in total. The Hall–Kier alpha value is -2.79. The van der Waals surface area contributed by atoms with Crippen molar-refractivity contribution >= 4 is 17.5 Å². The molecule has 0 aliphatic carbocycles. The van der Waals surface area contributed by atoms with Crippen LogP contribution in [0.4, 0.5) is 0 Å². The standard InChI is InChI=1S/C18H15ClN2O3/c1-23-16-8-3-2-7-14(16)17-10-15(21-24-17)18(22)20-11-12-5-4-6-13(19)9-12/h2-10H,11H2,1H3,(H,20,22). The van der Waals surface area contributed by atoms with E-state index in [9.17, 15) is 4.79 Å². The molecule has 122 valence electrons. The highest BCUT2D eigenvalue weighted by molar-refractivity contribution is 6.30. The van der Waals surface area contributed by atoms with E-state index in [1.165, 1.54) is 0 Å². The molecule has 0 bridgehead atoms. The number of carbonyl (C=O) groups excluding carboxylic acids is 1. The Morgan fingerprint density at radius 1 is 1.21 bits per heavy atom. The monoisotopic (exact) mass is 342 g/mol. The number of nitrogens with zero attached hydrogens (tertiary/aromatic N) is 1. The zero-order valence-corrected chi connectivity index (χ0v) is 13.7. The Labute approximate surface area is 144 Å². The molecule has 1 heterocycles. The van der Waals surface area contributed by atoms with Crippen molar-refractivity contribution in [3.05, 3.63) is 70.9 Å². The number of hydrogen-bond acceptors (Lipinski definition) is 4. The molecule has 1 aromatic heterocycles. The predicted molar refractivity (Wildman–Crippen MR) is 91.1 cm³/mol. The molecule has 3 aromatic rings. The second-order valence-corrected chi connectivity index (χ2v) is 5.53. The largest absolute Gasteiger partial charge is 0.496 e. The number of para-hydroxylation sites is 1. The van der Waals surface area contributed by atoms with Gasteiger partial charge in [0.25, 0.3) is 5.91 Å². The number of aromatic nitrogens is 1. The molecule has 0 aliphatic rings. The third kappa shape index (κ3) is 3.58. The van der Waals surface area contributed by atoms with Crippen LogP contribution in [0, 0.1) is 0 Å². The summed E-state index contributed by atoms with van der Waals surface area (Å²) in [6.45, 7) is 0.357. The van der Waals surface area contributed by atoms with Crippen molar-refractivity contribution < 1.29 is 14.1 Å². The molecule has 1 N–H and O–H groups in total. The van der Waals surface area contributed by atoms with E-state index < -0.39 is 0 Å². The summed E-state index contributed by atoms with van der Waals surface area (Å²) < 4.78 is 10.6. The van der Waals surface area contributed by atoms with Crippen molar-refractivity contribution in [2.24, 2.45) is 0 Å². The second-order valence-electron chi connectivity index (χ2n) is 5.09. The van der Waals surface area contributed by atoms with Crippen LogP contribution in [0.3, 0.4) is 0 Å². The highest BCUT2D eigenvalue weighted by Gasteiger charge is 2.15. The maximum Gasteiger partial charge on any atom is 0.273 e. The minimum Gasteiger partial charge on any atom is -0.496 e. The van der Waals surface area contributed by atoms with Gasteiger partial charge in [0.15, 0.2) is 11.5 Å². The summed E-state index contributed by atoms with van der Waals surface area (Å²) in [6, 6.07) is 16.3. The number of ether oxygens (including phenoxy) is 1. The molecular formula is C18H15ClN2O3. The number of carbonyl (C=O) groups is 1. The summed E-state index contributed by atoms with van der Waals surface area (Å²) >= 11 is 5.92. The van der Waals surface area contributed by atoms with E-state index in [1.54, 1.807) is 25.3 Å². The SMILES string of the molecule is COc1ccccc1-c1cc(C(=O)NCc2cccc(Cl)c2)no1. The van der Waals surface area contributed by atoms with Crippen molar-refractivity contribution in [3.8, 4) is 17.1 Å². The van der Waals surface area contributed by atoms with E-state index in [0.717, 1.165) is 11.1 Å². The van der Waals surface area contributed by atoms with Crippen molar-refractivity contribution in [1.29, 1.82) is 0 Å². The van der Waals surface area contributed by atoms with Crippen LogP contribution >= 0.6 is 11.6 Å². The number of methoxy groups -OCH3 is 1. The first-order valence-corrected chi connectivity index (χ1v) is 7.68. The van der Waals surface area contributed by atoms with Gasteiger partial charge in [-0.05, 0) is 29.8 Å². The first-order valence-electron chi connectivity index (χ1n) is 7.30. The molecule has 24 heavy (non-hydrogen) atoms. The van der Waals surface area contributed by atoms with Crippen LogP contribution in [0.25, 0.3) is 11.3 Å². The number of benzene rings is 2. The lowest BCUT2D eigenvalue weighted by Gasteiger charge is -2.04. The molecule has 0 fully saturated rings. The maximum atomic E-state index is 12.2. The maximum absolute atomic E-state index is 12.2. The van der Waals surface area contributed by atoms with E-state index in [0.29, 0.717) is 23.1 Å². The van der Waals surface area contributed by atoms with Gasteiger partial charge in [0, 0.05) is 17.6 Å². The Bertz CT molecular complexity index is 861. The number of amides is 1. The summed E-state index contributed by atoms with van der Waals surface area (Å²) in [5.41, 5.74) is 1.85. The van der Waals surface area contributed by atoms with Gasteiger partial charge in [-0.1, -0.05) is 41.0 Å². The van der Waals surface area contributed by atoms with Gasteiger partial charge < -0.3 is 14.6 Å². The quantitative estimate of drug-likeness (QED) is 0.763. The fourth-order valence-electron chi connectivity index (χ4n) is 2.28. The van der Waals surface area contributed by atoms with Gasteiger partial charge in [-0.3, -0.25) is 4.79 Å². The molecule has 0 unspecified atom stereocenters. The average Bonchev–Trinajstić information content (AvgIpc) is 3.09. The Morgan fingerprint density at radius 2 is 2.04 bits per heavy atom. The van der Waals surface area contributed by atoms with Gasteiger partial charge >= 0.3 is 0 Å². The summed E-state index contributed by atoms with van der Waals surface area (Å²) in [7, 11) is 1.58. The highest BCUT2D eigenvalue weighted by atomic mass is 35.5. The van der Waals surface area contributed by atoms with Gasteiger partial charge in [-0.15, -0.1) is 0 Å². The summed E-state index contributed by atoms with van der Waals surface area (Å²) in [6.07, 6.45) is 0. The molecule has 0 radical (unpaired) electrons. The van der Waals surface area contributed by atoms with Crippen LogP contribution in [0.5, 0.6) is 5.75 Å². The number of halogens is 1. The molecule has 6 heteroatoms. The highest BCUT2D eigenvalue weighted by Crippen LogP contribution is 2.29. The third-order valence-electron chi connectivity index (χ3n) is 3.46. The molecule has 0 aliphatic heterocycles. The van der Waals surface area contributed by atoms with E-state index in [1.807, 2.05) is 36.4 Å². The first-order chi connectivity index (χ1) is 11.7. The van der Waals surface area contributed by atoms with E-state index >= 15 is 0 Å². The molecule has 3 rings (SSSR count). The van der Waals surface area contributed by atoms with Crippen molar-refractivity contribution in [3.63, 3.8) is 0 Å². The minimum atomic E-state index is -0.320. The zero-order valence-electron chi connectivity index (χ0n) is 13.0. The number of hydrogen-bond donors (Lipinski definition) is 1. The molecule has 0 spiro atoms. The smallest absolute Gasteiger partial charge is 0.273 e. The van der Waals surface area contributed by atoms with Crippen LogP contribution in [-0.4, -0.2) is 18.2 Å².